The van der Waals surface area contributed by atoms with Gasteiger partial charge in [0.15, 0.2) is 0 Å². The van der Waals surface area contributed by atoms with Crippen LogP contribution in [-0.4, -0.2) is 44.0 Å². The van der Waals surface area contributed by atoms with Gasteiger partial charge in [0.25, 0.3) is 10.0 Å². The highest BCUT2D eigenvalue weighted by atomic mass is 32.2. The van der Waals surface area contributed by atoms with Gasteiger partial charge in [-0.05, 0) is 24.6 Å². The van der Waals surface area contributed by atoms with Gasteiger partial charge in [0, 0.05) is 12.7 Å². The van der Waals surface area contributed by atoms with Crippen LogP contribution in [0.5, 0.6) is 6.01 Å². The maximum atomic E-state index is 12.4. The molecule has 1 amide bonds. The van der Waals surface area contributed by atoms with Crippen molar-refractivity contribution in [3.05, 3.63) is 24.4 Å². The highest BCUT2D eigenvalue weighted by Crippen LogP contribution is 2.30. The molecule has 3 rings (SSSR count). The van der Waals surface area contributed by atoms with Gasteiger partial charge < -0.3 is 10.1 Å². The first-order chi connectivity index (χ1) is 11.0. The lowest BCUT2D eigenvalue weighted by molar-refractivity contribution is -0.120. The predicted octanol–water partition coefficient (Wildman–Crippen LogP) is 0.381. The minimum Gasteiger partial charge on any atom is -0.467 e. The molecule has 2 aromatic heterocycles. The molecule has 2 aromatic rings. The summed E-state index contributed by atoms with van der Waals surface area (Å²) in [6.45, 7) is 0.475. The molecule has 0 radical (unpaired) electrons. The summed E-state index contributed by atoms with van der Waals surface area (Å²) in [5, 5.41) is 2.59. The van der Waals surface area contributed by atoms with Gasteiger partial charge >= 0.3 is 6.01 Å². The van der Waals surface area contributed by atoms with Crippen LogP contribution in [0.25, 0.3) is 10.6 Å². The average molecular weight is 354 g/mol. The average Bonchev–Trinajstić information content (AvgIpc) is 3.17. The van der Waals surface area contributed by atoms with Gasteiger partial charge in [-0.1, -0.05) is 0 Å². The van der Waals surface area contributed by atoms with Crippen molar-refractivity contribution >= 4 is 27.3 Å². The third kappa shape index (κ3) is 3.33. The lowest BCUT2D eigenvalue weighted by atomic mass is 10.3. The van der Waals surface area contributed by atoms with Crippen LogP contribution in [0.1, 0.15) is 6.42 Å². The second kappa shape index (κ2) is 6.22. The van der Waals surface area contributed by atoms with E-state index in [1.165, 1.54) is 19.4 Å². The molecule has 0 spiro atoms. The van der Waals surface area contributed by atoms with E-state index in [0.717, 1.165) is 11.3 Å². The van der Waals surface area contributed by atoms with E-state index in [0.29, 0.717) is 23.5 Å². The molecule has 1 atom stereocenters. The van der Waals surface area contributed by atoms with E-state index in [-0.39, 0.29) is 16.1 Å². The summed E-state index contributed by atoms with van der Waals surface area (Å²) in [4.78, 5) is 20.3. The molecular formula is C13H14N4O4S2. The second-order valence-electron chi connectivity index (χ2n) is 4.80. The van der Waals surface area contributed by atoms with Crippen LogP contribution in [0.15, 0.2) is 28.6 Å². The van der Waals surface area contributed by atoms with Gasteiger partial charge in [-0.15, -0.1) is 11.3 Å². The van der Waals surface area contributed by atoms with Crippen LogP contribution in [-0.2, 0) is 14.8 Å². The number of methoxy groups -OCH3 is 1. The molecule has 0 aromatic carbocycles. The van der Waals surface area contributed by atoms with Crippen molar-refractivity contribution in [1.29, 1.82) is 0 Å². The Morgan fingerprint density at radius 2 is 2.22 bits per heavy atom. The number of hydrogen-bond acceptors (Lipinski definition) is 7. The van der Waals surface area contributed by atoms with E-state index in [1.54, 1.807) is 12.1 Å². The van der Waals surface area contributed by atoms with Crippen LogP contribution in [0, 0.1) is 0 Å². The molecule has 10 heteroatoms. The van der Waals surface area contributed by atoms with Gasteiger partial charge in [0.05, 0.1) is 17.7 Å². The van der Waals surface area contributed by atoms with Crippen LogP contribution < -0.4 is 14.8 Å². The van der Waals surface area contributed by atoms with Gasteiger partial charge in [0.2, 0.25) is 5.91 Å². The third-order valence-electron chi connectivity index (χ3n) is 3.26. The molecule has 0 aliphatic carbocycles. The fraction of sp³-hybridized carbons (Fsp3) is 0.308. The summed E-state index contributed by atoms with van der Waals surface area (Å²) in [6.07, 6.45) is 1.98. The van der Waals surface area contributed by atoms with Crippen molar-refractivity contribution in [3.8, 4) is 16.6 Å². The van der Waals surface area contributed by atoms with Crippen molar-refractivity contribution in [1.82, 2.24) is 20.0 Å². The smallest absolute Gasteiger partial charge is 0.316 e. The number of nitrogens with zero attached hydrogens (tertiary/aromatic N) is 2. The highest BCUT2D eigenvalue weighted by Gasteiger charge is 2.30. The van der Waals surface area contributed by atoms with E-state index in [2.05, 4.69) is 20.0 Å². The number of rotatable bonds is 5. The van der Waals surface area contributed by atoms with Gasteiger partial charge in [0.1, 0.15) is 10.3 Å². The molecule has 1 aliphatic rings. The molecule has 3 heterocycles. The molecular weight excluding hydrogens is 340 g/mol. The Bertz CT molecular complexity index is 834. The van der Waals surface area contributed by atoms with E-state index in [4.69, 9.17) is 4.74 Å². The molecule has 1 aliphatic heterocycles. The number of ether oxygens (including phenoxy) is 1. The Morgan fingerprint density at radius 1 is 1.39 bits per heavy atom. The number of carbonyl (C=O) groups excluding carboxylic acids is 1. The fourth-order valence-corrected chi connectivity index (χ4v) is 4.65. The largest absolute Gasteiger partial charge is 0.467 e. The minimum absolute atomic E-state index is 0.129. The first kappa shape index (κ1) is 15.8. The Labute approximate surface area is 137 Å². The van der Waals surface area contributed by atoms with Crippen LogP contribution in [0.2, 0.25) is 0 Å². The molecule has 23 heavy (non-hydrogen) atoms. The quantitative estimate of drug-likeness (QED) is 0.803. The lowest BCUT2D eigenvalue weighted by Crippen LogP contribution is -2.39. The number of hydrogen-bond donors (Lipinski definition) is 2. The maximum absolute atomic E-state index is 12.4. The van der Waals surface area contributed by atoms with E-state index in [9.17, 15) is 13.2 Å². The maximum Gasteiger partial charge on any atom is 0.316 e. The van der Waals surface area contributed by atoms with Crippen LogP contribution in [0.4, 0.5) is 0 Å². The second-order valence-corrected chi connectivity index (χ2v) is 7.83. The van der Waals surface area contributed by atoms with Crippen molar-refractivity contribution < 1.29 is 17.9 Å². The van der Waals surface area contributed by atoms with Crippen LogP contribution >= 0.6 is 11.3 Å². The van der Waals surface area contributed by atoms with E-state index < -0.39 is 16.1 Å². The summed E-state index contributed by atoms with van der Waals surface area (Å²) < 4.78 is 32.2. The topological polar surface area (TPSA) is 110 Å². The molecule has 0 saturated carbocycles. The lowest BCUT2D eigenvalue weighted by Gasteiger charge is -2.08. The number of carbonyl (C=O) groups is 1. The minimum atomic E-state index is -3.75. The highest BCUT2D eigenvalue weighted by molar-refractivity contribution is 7.91. The summed E-state index contributed by atoms with van der Waals surface area (Å²) in [6, 6.07) is 4.31. The number of aromatic nitrogens is 2. The van der Waals surface area contributed by atoms with Crippen molar-refractivity contribution in [2.45, 2.75) is 16.7 Å². The summed E-state index contributed by atoms with van der Waals surface area (Å²) in [5.41, 5.74) is 0.571. The summed E-state index contributed by atoms with van der Waals surface area (Å²) in [5.74, 6) is -0.300. The first-order valence-electron chi connectivity index (χ1n) is 6.77. The Kier molecular flexibility index (Phi) is 4.28. The first-order valence-corrected chi connectivity index (χ1v) is 9.07. The normalized spacial score (nSPS) is 18.0. The Balaban J connectivity index is 1.84. The van der Waals surface area contributed by atoms with Gasteiger partial charge in [-0.3, -0.25) is 4.79 Å². The summed E-state index contributed by atoms with van der Waals surface area (Å²) in [7, 11) is -2.29. The molecule has 2 N–H and O–H groups in total. The molecule has 122 valence electrons. The number of sulfonamides is 1. The van der Waals surface area contributed by atoms with Crippen molar-refractivity contribution in [2.75, 3.05) is 13.7 Å². The standard InChI is InChI=1S/C13H14N4O4S2/c1-21-13-15-7-4-8(16-13)10-2-3-11(22-10)23(19,20)17-9-5-6-14-12(9)18/h2-4,7,9,17H,5-6H2,1H3,(H,14,18)/t9-/m0/s1. The molecule has 0 bridgehead atoms. The molecule has 0 unspecified atom stereocenters. The molecule has 1 fully saturated rings. The Hall–Kier alpha value is -2.04. The van der Waals surface area contributed by atoms with Gasteiger partial charge in [-0.2, -0.15) is 9.71 Å². The zero-order valence-electron chi connectivity index (χ0n) is 12.1. The monoisotopic (exact) mass is 354 g/mol. The SMILES string of the molecule is COc1nccc(-c2ccc(S(=O)(=O)N[C@H]3CCNC3=O)s2)n1. The zero-order chi connectivity index (χ0) is 16.4. The number of thiophene rings is 1. The Morgan fingerprint density at radius 3 is 2.91 bits per heavy atom. The number of nitrogens with one attached hydrogen (secondary N) is 2. The third-order valence-corrected chi connectivity index (χ3v) is 6.33. The van der Waals surface area contributed by atoms with Gasteiger partial charge in [-0.25, -0.2) is 13.4 Å². The fourth-order valence-electron chi connectivity index (χ4n) is 2.13. The predicted molar refractivity (Wildman–Crippen MR) is 83.6 cm³/mol. The van der Waals surface area contributed by atoms with Crippen molar-refractivity contribution in [3.63, 3.8) is 0 Å². The van der Waals surface area contributed by atoms with Crippen molar-refractivity contribution in [2.24, 2.45) is 0 Å². The zero-order valence-corrected chi connectivity index (χ0v) is 13.8. The van der Waals surface area contributed by atoms with Crippen LogP contribution in [0.3, 0.4) is 0 Å². The number of amides is 1. The molecule has 8 nitrogen and oxygen atoms in total. The van der Waals surface area contributed by atoms with E-state index in [1.807, 2.05) is 0 Å². The molecule has 1 saturated heterocycles. The summed E-state index contributed by atoms with van der Waals surface area (Å²) >= 11 is 1.07. The van der Waals surface area contributed by atoms with E-state index >= 15 is 0 Å².